The van der Waals surface area contributed by atoms with Crippen molar-refractivity contribution < 1.29 is 27.5 Å². The first kappa shape index (κ1) is 24.7. The van der Waals surface area contributed by atoms with Crippen LogP contribution in [0.15, 0.2) is 53.4 Å². The van der Waals surface area contributed by atoms with Gasteiger partial charge in [0.2, 0.25) is 10.0 Å². The molecule has 0 saturated carbocycles. The van der Waals surface area contributed by atoms with Crippen LogP contribution in [0.25, 0.3) is 0 Å². The summed E-state index contributed by atoms with van der Waals surface area (Å²) in [6, 6.07) is 13.0. The molecule has 2 atom stereocenters. The van der Waals surface area contributed by atoms with E-state index in [9.17, 15) is 18.0 Å². The summed E-state index contributed by atoms with van der Waals surface area (Å²) >= 11 is 0. The summed E-state index contributed by atoms with van der Waals surface area (Å²) in [7, 11) is -2.16. The summed E-state index contributed by atoms with van der Waals surface area (Å²) in [5.41, 5.74) is 0.920. The fourth-order valence-corrected chi connectivity index (χ4v) is 5.71. The SMILES string of the molecule is COc1cccc(CNC(=O)COC(=O)c2cccc(S(=O)(=O)N3CC(C)CC(C)C3)c2)c1. The Kier molecular flexibility index (Phi) is 8.10. The van der Waals surface area contributed by atoms with Crippen LogP contribution in [0.2, 0.25) is 0 Å². The number of nitrogens with one attached hydrogen (secondary N) is 1. The predicted octanol–water partition coefficient (Wildman–Crippen LogP) is 2.84. The monoisotopic (exact) mass is 474 g/mol. The number of hydrogen-bond donors (Lipinski definition) is 1. The summed E-state index contributed by atoms with van der Waals surface area (Å²) in [5.74, 6) is -0.00834. The standard InChI is InChI=1S/C24H30N2O6S/c1-17-10-18(2)15-26(14-17)33(29,30)22-9-5-7-20(12-22)24(28)32-16-23(27)25-13-19-6-4-8-21(11-19)31-3/h4-9,11-12,17-18H,10,13-16H2,1-3H3,(H,25,27). The number of piperidine rings is 1. The number of carbonyl (C=O) groups is 2. The van der Waals surface area contributed by atoms with Crippen LogP contribution in [0, 0.1) is 11.8 Å². The van der Waals surface area contributed by atoms with E-state index in [4.69, 9.17) is 9.47 Å². The Labute approximate surface area is 194 Å². The number of methoxy groups -OCH3 is 1. The molecule has 0 aliphatic carbocycles. The molecule has 1 aliphatic rings. The van der Waals surface area contributed by atoms with Crippen LogP contribution >= 0.6 is 0 Å². The first-order valence-corrected chi connectivity index (χ1v) is 12.3. The number of hydrogen-bond acceptors (Lipinski definition) is 6. The van der Waals surface area contributed by atoms with Gasteiger partial charge in [0, 0.05) is 19.6 Å². The predicted molar refractivity (Wildman–Crippen MR) is 123 cm³/mol. The van der Waals surface area contributed by atoms with E-state index in [1.807, 2.05) is 26.0 Å². The zero-order chi connectivity index (χ0) is 24.0. The highest BCUT2D eigenvalue weighted by Gasteiger charge is 2.32. The molecule has 2 aromatic rings. The molecule has 1 aliphatic heterocycles. The lowest BCUT2D eigenvalue weighted by atomic mass is 9.94. The largest absolute Gasteiger partial charge is 0.497 e. The van der Waals surface area contributed by atoms with Crippen molar-refractivity contribution in [3.05, 3.63) is 59.7 Å². The highest BCUT2D eigenvalue weighted by atomic mass is 32.2. The van der Waals surface area contributed by atoms with Crippen molar-refractivity contribution in [2.75, 3.05) is 26.8 Å². The maximum absolute atomic E-state index is 13.1. The minimum absolute atomic E-state index is 0.0423. The molecule has 9 heteroatoms. The third-order valence-electron chi connectivity index (χ3n) is 5.50. The molecule has 1 amide bonds. The summed E-state index contributed by atoms with van der Waals surface area (Å²) in [6.07, 6.45) is 0.984. The number of esters is 1. The minimum Gasteiger partial charge on any atom is -0.497 e. The Bertz CT molecular complexity index is 1090. The molecule has 33 heavy (non-hydrogen) atoms. The van der Waals surface area contributed by atoms with Crippen molar-refractivity contribution in [3.63, 3.8) is 0 Å². The molecule has 178 valence electrons. The highest BCUT2D eigenvalue weighted by Crippen LogP contribution is 2.27. The minimum atomic E-state index is -3.72. The Morgan fingerprint density at radius 2 is 1.76 bits per heavy atom. The van der Waals surface area contributed by atoms with Crippen LogP contribution in [-0.4, -0.2) is 51.4 Å². The second kappa shape index (κ2) is 10.8. The summed E-state index contributed by atoms with van der Waals surface area (Å²) in [4.78, 5) is 24.6. The van der Waals surface area contributed by atoms with Crippen LogP contribution in [0.4, 0.5) is 0 Å². The van der Waals surface area contributed by atoms with Gasteiger partial charge in [0.1, 0.15) is 5.75 Å². The van der Waals surface area contributed by atoms with Crippen LogP contribution in [0.3, 0.4) is 0 Å². The Morgan fingerprint density at radius 3 is 2.45 bits per heavy atom. The van der Waals surface area contributed by atoms with Crippen LogP contribution < -0.4 is 10.1 Å². The zero-order valence-electron chi connectivity index (χ0n) is 19.1. The van der Waals surface area contributed by atoms with Gasteiger partial charge >= 0.3 is 5.97 Å². The molecular weight excluding hydrogens is 444 g/mol. The molecule has 1 N–H and O–H groups in total. The van der Waals surface area contributed by atoms with E-state index in [0.717, 1.165) is 12.0 Å². The molecule has 1 fully saturated rings. The molecule has 2 aromatic carbocycles. The summed E-state index contributed by atoms with van der Waals surface area (Å²) < 4.78 is 37.9. The fourth-order valence-electron chi connectivity index (χ4n) is 3.98. The third-order valence-corrected chi connectivity index (χ3v) is 7.33. The van der Waals surface area contributed by atoms with E-state index in [1.165, 1.54) is 28.6 Å². The number of amides is 1. The molecule has 0 spiro atoms. The van der Waals surface area contributed by atoms with Gasteiger partial charge in [-0.3, -0.25) is 4.79 Å². The smallest absolute Gasteiger partial charge is 0.338 e. The average molecular weight is 475 g/mol. The maximum atomic E-state index is 13.1. The van der Waals surface area contributed by atoms with Crippen LogP contribution in [0.1, 0.15) is 36.2 Å². The molecule has 0 radical (unpaired) electrons. The van der Waals surface area contributed by atoms with Gasteiger partial charge in [-0.2, -0.15) is 4.31 Å². The van der Waals surface area contributed by atoms with Crippen molar-refractivity contribution >= 4 is 21.9 Å². The molecule has 3 rings (SSSR count). The van der Waals surface area contributed by atoms with Gasteiger partial charge < -0.3 is 14.8 Å². The van der Waals surface area contributed by atoms with Gasteiger partial charge in [0.25, 0.3) is 5.91 Å². The van der Waals surface area contributed by atoms with Crippen molar-refractivity contribution in [1.29, 1.82) is 0 Å². The zero-order valence-corrected chi connectivity index (χ0v) is 19.9. The quantitative estimate of drug-likeness (QED) is 0.591. The van der Waals surface area contributed by atoms with Crippen LogP contribution in [-0.2, 0) is 26.1 Å². The first-order valence-electron chi connectivity index (χ1n) is 10.9. The molecule has 8 nitrogen and oxygen atoms in total. The topological polar surface area (TPSA) is 102 Å². The number of carbonyl (C=O) groups excluding carboxylic acids is 2. The van der Waals surface area contributed by atoms with Crippen molar-refractivity contribution in [2.24, 2.45) is 11.8 Å². The van der Waals surface area contributed by atoms with Crippen LogP contribution in [0.5, 0.6) is 5.75 Å². The van der Waals surface area contributed by atoms with Gasteiger partial charge in [0.05, 0.1) is 17.6 Å². The maximum Gasteiger partial charge on any atom is 0.338 e. The van der Waals surface area contributed by atoms with Crippen molar-refractivity contribution in [3.8, 4) is 5.75 Å². The number of benzene rings is 2. The number of ether oxygens (including phenoxy) is 2. The van der Waals surface area contributed by atoms with E-state index in [2.05, 4.69) is 5.32 Å². The normalized spacial score (nSPS) is 19.0. The van der Waals surface area contributed by atoms with E-state index in [-0.39, 0.29) is 28.8 Å². The molecule has 1 heterocycles. The second-order valence-electron chi connectivity index (χ2n) is 8.50. The van der Waals surface area contributed by atoms with Gasteiger partial charge in [-0.1, -0.05) is 32.0 Å². The lowest BCUT2D eigenvalue weighted by Crippen LogP contribution is -2.42. The highest BCUT2D eigenvalue weighted by molar-refractivity contribution is 7.89. The van der Waals surface area contributed by atoms with Gasteiger partial charge in [-0.25, -0.2) is 13.2 Å². The lowest BCUT2D eigenvalue weighted by Gasteiger charge is -2.34. The van der Waals surface area contributed by atoms with Crippen molar-refractivity contribution in [2.45, 2.75) is 31.7 Å². The molecule has 0 aromatic heterocycles. The van der Waals surface area contributed by atoms with E-state index in [1.54, 1.807) is 19.2 Å². The van der Waals surface area contributed by atoms with E-state index in [0.29, 0.717) is 18.8 Å². The lowest BCUT2D eigenvalue weighted by molar-refractivity contribution is -0.124. The van der Waals surface area contributed by atoms with E-state index >= 15 is 0 Å². The number of sulfonamides is 1. The Morgan fingerprint density at radius 1 is 1.06 bits per heavy atom. The average Bonchev–Trinajstić information content (AvgIpc) is 2.80. The first-order chi connectivity index (χ1) is 15.7. The molecular formula is C24H30N2O6S. The molecule has 2 unspecified atom stereocenters. The Balaban J connectivity index is 1.58. The van der Waals surface area contributed by atoms with E-state index < -0.39 is 28.5 Å². The summed E-state index contributed by atoms with van der Waals surface area (Å²) in [5, 5.41) is 2.67. The number of nitrogens with zero attached hydrogens (tertiary/aromatic N) is 1. The molecule has 0 bridgehead atoms. The van der Waals surface area contributed by atoms with Gasteiger partial charge in [0.15, 0.2) is 6.61 Å². The third kappa shape index (κ3) is 6.55. The van der Waals surface area contributed by atoms with Gasteiger partial charge in [-0.15, -0.1) is 0 Å². The second-order valence-corrected chi connectivity index (χ2v) is 10.4. The number of rotatable bonds is 8. The Hall–Kier alpha value is -2.91. The fraction of sp³-hybridized carbons (Fsp3) is 0.417. The van der Waals surface area contributed by atoms with Crippen molar-refractivity contribution in [1.82, 2.24) is 9.62 Å². The molecule has 1 saturated heterocycles. The van der Waals surface area contributed by atoms with Gasteiger partial charge in [-0.05, 0) is 54.2 Å². The summed E-state index contributed by atoms with van der Waals surface area (Å²) in [6.45, 7) is 4.76.